The van der Waals surface area contributed by atoms with E-state index in [1.807, 2.05) is 20.8 Å². The number of rotatable bonds is 3. The second-order valence-electron chi connectivity index (χ2n) is 4.62. The summed E-state index contributed by atoms with van der Waals surface area (Å²) in [5.74, 6) is -0.529. The maximum absolute atomic E-state index is 13.6. The van der Waals surface area contributed by atoms with Crippen molar-refractivity contribution in [2.45, 2.75) is 33.0 Å². The molecule has 3 N–H and O–H groups in total. The number of benzene rings is 1. The number of hydrogen-bond donors (Lipinski definition) is 2. The Balaban J connectivity index is 2.80. The average molecular weight is 224 g/mol. The lowest BCUT2D eigenvalue weighted by Gasteiger charge is -2.19. The van der Waals surface area contributed by atoms with Crippen LogP contribution in [-0.4, -0.2) is 11.4 Å². The van der Waals surface area contributed by atoms with Crippen molar-refractivity contribution >= 4 is 5.84 Å². The van der Waals surface area contributed by atoms with Crippen LogP contribution >= 0.6 is 0 Å². The van der Waals surface area contributed by atoms with Gasteiger partial charge in [0.15, 0.2) is 0 Å². The van der Waals surface area contributed by atoms with Gasteiger partial charge in [-0.2, -0.15) is 0 Å². The minimum atomic E-state index is -0.392. The minimum absolute atomic E-state index is 0.137. The number of nitrogens with two attached hydrogens (primary N) is 1. The monoisotopic (exact) mass is 224 g/mol. The molecule has 0 radical (unpaired) electrons. The van der Waals surface area contributed by atoms with Crippen molar-refractivity contribution in [1.29, 1.82) is 5.41 Å². The lowest BCUT2D eigenvalue weighted by molar-refractivity contribution is -0.0161. The molecular weight excluding hydrogens is 207 g/mol. The first-order valence-electron chi connectivity index (χ1n) is 5.06. The first kappa shape index (κ1) is 12.6. The molecule has 0 atom stereocenters. The third-order valence-electron chi connectivity index (χ3n) is 2.02. The van der Waals surface area contributed by atoms with Crippen molar-refractivity contribution < 1.29 is 9.13 Å². The Labute approximate surface area is 94.9 Å². The topological polar surface area (TPSA) is 59.1 Å². The Hall–Kier alpha value is -1.42. The van der Waals surface area contributed by atoms with Crippen molar-refractivity contribution in [3.8, 4) is 0 Å². The summed E-state index contributed by atoms with van der Waals surface area (Å²) in [6.07, 6.45) is 0. The molecular formula is C12H17FN2O. The Bertz CT molecular complexity index is 396. The smallest absolute Gasteiger partial charge is 0.129 e. The SMILES string of the molecule is CC(C)(C)OCc1ccc(C(=N)N)cc1F. The third-order valence-corrected chi connectivity index (χ3v) is 2.02. The maximum atomic E-state index is 13.6. The van der Waals surface area contributed by atoms with Gasteiger partial charge in [-0.05, 0) is 26.8 Å². The lowest BCUT2D eigenvalue weighted by atomic mass is 10.1. The van der Waals surface area contributed by atoms with Crippen LogP contribution in [-0.2, 0) is 11.3 Å². The highest BCUT2D eigenvalue weighted by Gasteiger charge is 2.12. The lowest BCUT2D eigenvalue weighted by Crippen LogP contribution is -2.19. The van der Waals surface area contributed by atoms with Crippen molar-refractivity contribution in [3.05, 3.63) is 35.1 Å². The molecule has 0 unspecified atom stereocenters. The highest BCUT2D eigenvalue weighted by atomic mass is 19.1. The average Bonchev–Trinajstić information content (AvgIpc) is 2.14. The van der Waals surface area contributed by atoms with E-state index in [0.29, 0.717) is 11.1 Å². The molecule has 1 aromatic carbocycles. The van der Waals surface area contributed by atoms with E-state index < -0.39 is 5.82 Å². The quantitative estimate of drug-likeness (QED) is 0.612. The molecule has 0 aliphatic rings. The summed E-state index contributed by atoms with van der Waals surface area (Å²) in [4.78, 5) is 0. The van der Waals surface area contributed by atoms with Crippen molar-refractivity contribution in [3.63, 3.8) is 0 Å². The normalized spacial score (nSPS) is 11.5. The zero-order valence-electron chi connectivity index (χ0n) is 9.80. The second-order valence-corrected chi connectivity index (χ2v) is 4.62. The highest BCUT2D eigenvalue weighted by molar-refractivity contribution is 5.94. The highest BCUT2D eigenvalue weighted by Crippen LogP contribution is 2.15. The molecule has 0 spiro atoms. The van der Waals surface area contributed by atoms with E-state index in [1.54, 1.807) is 12.1 Å². The molecule has 88 valence electrons. The first-order valence-corrected chi connectivity index (χ1v) is 5.06. The zero-order chi connectivity index (χ0) is 12.3. The van der Waals surface area contributed by atoms with Gasteiger partial charge in [0.2, 0.25) is 0 Å². The van der Waals surface area contributed by atoms with Crippen molar-refractivity contribution in [2.75, 3.05) is 0 Å². The molecule has 0 aliphatic heterocycles. The van der Waals surface area contributed by atoms with Crippen LogP contribution in [0.3, 0.4) is 0 Å². The fraction of sp³-hybridized carbons (Fsp3) is 0.417. The summed E-state index contributed by atoms with van der Waals surface area (Å²) in [6, 6.07) is 4.47. The zero-order valence-corrected chi connectivity index (χ0v) is 9.80. The van der Waals surface area contributed by atoms with Gasteiger partial charge in [0.05, 0.1) is 12.2 Å². The van der Waals surface area contributed by atoms with E-state index in [-0.39, 0.29) is 18.0 Å². The van der Waals surface area contributed by atoms with Gasteiger partial charge in [0, 0.05) is 11.1 Å². The van der Waals surface area contributed by atoms with Gasteiger partial charge < -0.3 is 10.5 Å². The van der Waals surface area contributed by atoms with E-state index >= 15 is 0 Å². The standard InChI is InChI=1S/C12H17FN2O/c1-12(2,3)16-7-9-5-4-8(11(14)15)6-10(9)13/h4-6H,7H2,1-3H3,(H3,14,15). The molecule has 1 rings (SSSR count). The summed E-state index contributed by atoms with van der Waals surface area (Å²) < 4.78 is 19.0. The molecule has 0 aliphatic carbocycles. The fourth-order valence-electron chi connectivity index (χ4n) is 1.13. The number of amidine groups is 1. The van der Waals surface area contributed by atoms with Crippen LogP contribution in [0.1, 0.15) is 31.9 Å². The molecule has 0 heterocycles. The number of nitrogen functional groups attached to an aromatic ring is 1. The number of nitrogens with one attached hydrogen (secondary N) is 1. The van der Waals surface area contributed by atoms with E-state index in [9.17, 15) is 4.39 Å². The number of halogens is 1. The Kier molecular flexibility index (Phi) is 3.65. The molecule has 0 fully saturated rings. The van der Waals surface area contributed by atoms with Gasteiger partial charge in [-0.25, -0.2) is 4.39 Å². The fourth-order valence-corrected chi connectivity index (χ4v) is 1.13. The van der Waals surface area contributed by atoms with E-state index in [1.165, 1.54) is 6.07 Å². The molecule has 3 nitrogen and oxygen atoms in total. The van der Waals surface area contributed by atoms with Gasteiger partial charge in [-0.3, -0.25) is 5.41 Å². The van der Waals surface area contributed by atoms with Crippen LogP contribution in [0.25, 0.3) is 0 Å². The summed E-state index contributed by atoms with van der Waals surface area (Å²) >= 11 is 0. The van der Waals surface area contributed by atoms with Crippen LogP contribution in [0.5, 0.6) is 0 Å². The Morgan fingerprint density at radius 1 is 1.44 bits per heavy atom. The summed E-state index contributed by atoms with van der Waals surface area (Å²) in [6.45, 7) is 5.95. The van der Waals surface area contributed by atoms with Crippen LogP contribution < -0.4 is 5.73 Å². The number of ether oxygens (including phenoxy) is 1. The van der Waals surface area contributed by atoms with Crippen LogP contribution in [0.4, 0.5) is 4.39 Å². The van der Waals surface area contributed by atoms with Gasteiger partial charge >= 0.3 is 0 Å². The summed E-state index contributed by atoms with van der Waals surface area (Å²) in [5, 5.41) is 7.18. The van der Waals surface area contributed by atoms with Crippen LogP contribution in [0.2, 0.25) is 0 Å². The van der Waals surface area contributed by atoms with Crippen molar-refractivity contribution in [2.24, 2.45) is 5.73 Å². The van der Waals surface area contributed by atoms with Gasteiger partial charge in [-0.1, -0.05) is 12.1 Å². The molecule has 1 aromatic rings. The summed E-state index contributed by atoms with van der Waals surface area (Å²) in [7, 11) is 0. The largest absolute Gasteiger partial charge is 0.384 e. The van der Waals surface area contributed by atoms with Gasteiger partial charge in [-0.15, -0.1) is 0 Å². The molecule has 0 bridgehead atoms. The van der Waals surface area contributed by atoms with E-state index in [2.05, 4.69) is 0 Å². The van der Waals surface area contributed by atoms with E-state index in [4.69, 9.17) is 15.9 Å². The molecule has 0 saturated heterocycles. The van der Waals surface area contributed by atoms with Crippen LogP contribution in [0.15, 0.2) is 18.2 Å². The third kappa shape index (κ3) is 3.62. The first-order chi connectivity index (χ1) is 7.29. The van der Waals surface area contributed by atoms with E-state index in [0.717, 1.165) is 0 Å². The molecule has 0 amide bonds. The predicted octanol–water partition coefficient (Wildman–Crippen LogP) is 2.42. The van der Waals surface area contributed by atoms with Crippen LogP contribution in [0, 0.1) is 11.2 Å². The summed E-state index contributed by atoms with van der Waals surface area (Å²) in [5.41, 5.74) is 5.82. The number of hydrogen-bond acceptors (Lipinski definition) is 2. The molecule has 4 heteroatoms. The maximum Gasteiger partial charge on any atom is 0.129 e. The predicted molar refractivity (Wildman–Crippen MR) is 62.0 cm³/mol. The Morgan fingerprint density at radius 3 is 2.50 bits per heavy atom. The van der Waals surface area contributed by atoms with Crippen molar-refractivity contribution in [1.82, 2.24) is 0 Å². The molecule has 0 aromatic heterocycles. The molecule has 16 heavy (non-hydrogen) atoms. The molecule has 0 saturated carbocycles. The Morgan fingerprint density at radius 2 is 2.06 bits per heavy atom. The van der Waals surface area contributed by atoms with Gasteiger partial charge in [0.1, 0.15) is 11.7 Å². The van der Waals surface area contributed by atoms with Gasteiger partial charge in [0.25, 0.3) is 0 Å². The second kappa shape index (κ2) is 4.61. The minimum Gasteiger partial charge on any atom is -0.384 e.